The van der Waals surface area contributed by atoms with E-state index >= 15 is 0 Å². The van der Waals surface area contributed by atoms with Crippen LogP contribution in [0.4, 0.5) is 0 Å². The number of hydrogen-bond acceptors (Lipinski definition) is 4. The highest BCUT2D eigenvalue weighted by Crippen LogP contribution is 2.39. The molecule has 0 spiro atoms. The first kappa shape index (κ1) is 30.6. The number of nitrogens with zero attached hydrogens (tertiary/aromatic N) is 3. The molecule has 2 heterocycles. The lowest BCUT2D eigenvalue weighted by molar-refractivity contribution is 0.669. The van der Waals surface area contributed by atoms with Crippen molar-refractivity contribution in [2.24, 2.45) is 0 Å². The SMILES string of the molecule is c1ccc(-c2nc(-c3ccccc3)nc(-c3ccc(-c4ccc5c(c4)oc4ccc(-c6ccc(-c7ccccc7)c7ccccc67)cc45)cc3)n2)cc1. The molecule has 2 aromatic heterocycles. The van der Waals surface area contributed by atoms with Gasteiger partial charge in [0.25, 0.3) is 0 Å². The maximum atomic E-state index is 6.45. The predicted octanol–water partition coefficient (Wildman–Crippen LogP) is 12.9. The summed E-state index contributed by atoms with van der Waals surface area (Å²) in [7, 11) is 0. The number of furan rings is 1. The van der Waals surface area contributed by atoms with E-state index in [2.05, 4.69) is 127 Å². The minimum atomic E-state index is 0.635. The van der Waals surface area contributed by atoms with Crippen molar-refractivity contribution in [2.45, 2.75) is 0 Å². The first-order valence-electron chi connectivity index (χ1n) is 17.8. The summed E-state index contributed by atoms with van der Waals surface area (Å²) in [6.45, 7) is 0. The van der Waals surface area contributed by atoms with Crippen molar-refractivity contribution < 1.29 is 4.42 Å². The molecule has 10 aromatic rings. The van der Waals surface area contributed by atoms with E-state index in [-0.39, 0.29) is 0 Å². The van der Waals surface area contributed by atoms with Crippen LogP contribution >= 0.6 is 0 Å². The Morgan fingerprint density at radius 2 is 0.717 bits per heavy atom. The molecule has 0 atom stereocenters. The van der Waals surface area contributed by atoms with Gasteiger partial charge >= 0.3 is 0 Å². The van der Waals surface area contributed by atoms with Crippen LogP contribution in [0.5, 0.6) is 0 Å². The third-order valence-electron chi connectivity index (χ3n) is 9.97. The van der Waals surface area contributed by atoms with Crippen molar-refractivity contribution in [1.82, 2.24) is 15.0 Å². The molecule has 4 nitrogen and oxygen atoms in total. The highest BCUT2D eigenvalue weighted by atomic mass is 16.3. The molecule has 0 amide bonds. The summed E-state index contributed by atoms with van der Waals surface area (Å²) in [6, 6.07) is 65.3. The molecule has 0 fully saturated rings. The van der Waals surface area contributed by atoms with Crippen molar-refractivity contribution >= 4 is 32.7 Å². The van der Waals surface area contributed by atoms with Crippen molar-refractivity contribution in [2.75, 3.05) is 0 Å². The summed E-state index contributed by atoms with van der Waals surface area (Å²) < 4.78 is 6.45. The Balaban J connectivity index is 0.993. The Bertz CT molecular complexity index is 2860. The van der Waals surface area contributed by atoms with Gasteiger partial charge in [0.2, 0.25) is 0 Å². The summed E-state index contributed by atoms with van der Waals surface area (Å²) in [5.74, 6) is 1.93. The van der Waals surface area contributed by atoms with E-state index < -0.39 is 0 Å². The van der Waals surface area contributed by atoms with Gasteiger partial charge in [-0.1, -0.05) is 164 Å². The Morgan fingerprint density at radius 1 is 0.264 bits per heavy atom. The van der Waals surface area contributed by atoms with Crippen molar-refractivity contribution in [3.63, 3.8) is 0 Å². The first-order chi connectivity index (χ1) is 26.2. The van der Waals surface area contributed by atoms with Gasteiger partial charge in [-0.2, -0.15) is 0 Å². The second kappa shape index (κ2) is 12.9. The van der Waals surface area contributed by atoms with Crippen LogP contribution in [-0.4, -0.2) is 15.0 Å². The Kier molecular flexibility index (Phi) is 7.43. The quantitative estimate of drug-likeness (QED) is 0.176. The molecule has 0 radical (unpaired) electrons. The van der Waals surface area contributed by atoms with Crippen molar-refractivity contribution in [1.29, 1.82) is 0 Å². The average Bonchev–Trinajstić information content (AvgIpc) is 3.61. The smallest absolute Gasteiger partial charge is 0.164 e. The van der Waals surface area contributed by atoms with Crippen LogP contribution in [0.1, 0.15) is 0 Å². The number of fused-ring (bicyclic) bond motifs is 4. The van der Waals surface area contributed by atoms with E-state index in [0.717, 1.165) is 49.8 Å². The van der Waals surface area contributed by atoms with E-state index in [9.17, 15) is 0 Å². The molecule has 0 saturated heterocycles. The summed E-state index contributed by atoms with van der Waals surface area (Å²) in [6.07, 6.45) is 0. The third-order valence-corrected chi connectivity index (χ3v) is 9.97. The summed E-state index contributed by atoms with van der Waals surface area (Å²) in [4.78, 5) is 14.6. The zero-order chi connectivity index (χ0) is 35.1. The fraction of sp³-hybridized carbons (Fsp3) is 0. The van der Waals surface area contributed by atoms with Gasteiger partial charge in [0.15, 0.2) is 17.5 Å². The average molecular weight is 678 g/mol. The van der Waals surface area contributed by atoms with Gasteiger partial charge in [-0.25, -0.2) is 15.0 Å². The molecule has 0 N–H and O–H groups in total. The zero-order valence-electron chi connectivity index (χ0n) is 28.6. The van der Waals surface area contributed by atoms with E-state index in [4.69, 9.17) is 19.4 Å². The molecule has 0 saturated carbocycles. The maximum absolute atomic E-state index is 6.45. The number of rotatable bonds is 6. The molecular weight excluding hydrogens is 647 g/mol. The fourth-order valence-corrected chi connectivity index (χ4v) is 7.29. The van der Waals surface area contributed by atoms with E-state index in [1.165, 1.54) is 33.0 Å². The number of aromatic nitrogens is 3. The lowest BCUT2D eigenvalue weighted by Crippen LogP contribution is -2.00. The lowest BCUT2D eigenvalue weighted by atomic mass is 9.91. The van der Waals surface area contributed by atoms with Crippen LogP contribution in [0.3, 0.4) is 0 Å². The van der Waals surface area contributed by atoms with Crippen LogP contribution in [0, 0.1) is 0 Å². The van der Waals surface area contributed by atoms with Gasteiger partial charge in [-0.15, -0.1) is 0 Å². The molecule has 4 heteroatoms. The monoisotopic (exact) mass is 677 g/mol. The van der Waals surface area contributed by atoms with Crippen LogP contribution in [-0.2, 0) is 0 Å². The second-order valence-corrected chi connectivity index (χ2v) is 13.2. The largest absolute Gasteiger partial charge is 0.456 e. The van der Waals surface area contributed by atoms with Crippen LogP contribution in [0.2, 0.25) is 0 Å². The van der Waals surface area contributed by atoms with E-state index in [1.54, 1.807) is 0 Å². The highest BCUT2D eigenvalue weighted by molar-refractivity contribution is 6.10. The molecule has 0 aliphatic rings. The van der Waals surface area contributed by atoms with Gasteiger partial charge in [0, 0.05) is 27.5 Å². The lowest BCUT2D eigenvalue weighted by Gasteiger charge is -2.12. The molecule has 0 unspecified atom stereocenters. The molecule has 0 aliphatic heterocycles. The van der Waals surface area contributed by atoms with E-state index in [1.807, 2.05) is 60.7 Å². The van der Waals surface area contributed by atoms with Gasteiger partial charge in [-0.05, 0) is 68.4 Å². The van der Waals surface area contributed by atoms with Crippen LogP contribution in [0.25, 0.3) is 100 Å². The summed E-state index contributed by atoms with van der Waals surface area (Å²) >= 11 is 0. The standard InChI is InChI=1S/C49H31N3O/c1-4-12-33(13-5-1)39-27-28-40(42-19-11-10-18-41(39)42)38-25-29-45-44(30-38)43-26-24-37(31-46(43)53-45)32-20-22-36(23-21-32)49-51-47(34-14-6-2-7-15-34)50-48(52-49)35-16-8-3-9-17-35/h1-31H. The molecule has 0 aliphatic carbocycles. The molecular formula is C49H31N3O. The molecule has 0 bridgehead atoms. The predicted molar refractivity (Wildman–Crippen MR) is 217 cm³/mol. The van der Waals surface area contributed by atoms with Crippen LogP contribution < -0.4 is 0 Å². The minimum absolute atomic E-state index is 0.635. The van der Waals surface area contributed by atoms with Gasteiger partial charge in [0.05, 0.1) is 0 Å². The highest BCUT2D eigenvalue weighted by Gasteiger charge is 2.15. The maximum Gasteiger partial charge on any atom is 0.164 e. The topological polar surface area (TPSA) is 51.8 Å². The normalized spacial score (nSPS) is 11.4. The zero-order valence-corrected chi connectivity index (χ0v) is 28.6. The molecule has 248 valence electrons. The van der Waals surface area contributed by atoms with Gasteiger partial charge in [0.1, 0.15) is 11.2 Å². The Morgan fingerprint density at radius 3 is 1.30 bits per heavy atom. The van der Waals surface area contributed by atoms with E-state index in [0.29, 0.717) is 17.5 Å². The number of hydrogen-bond donors (Lipinski definition) is 0. The summed E-state index contributed by atoms with van der Waals surface area (Å²) in [5, 5.41) is 4.68. The molecule has 53 heavy (non-hydrogen) atoms. The summed E-state index contributed by atoms with van der Waals surface area (Å²) in [5.41, 5.74) is 11.6. The minimum Gasteiger partial charge on any atom is -0.456 e. The van der Waals surface area contributed by atoms with Crippen molar-refractivity contribution in [3.8, 4) is 67.5 Å². The van der Waals surface area contributed by atoms with Crippen LogP contribution in [0.15, 0.2) is 192 Å². The number of benzene rings is 8. The van der Waals surface area contributed by atoms with Crippen molar-refractivity contribution in [3.05, 3.63) is 188 Å². The van der Waals surface area contributed by atoms with Gasteiger partial charge in [-0.3, -0.25) is 0 Å². The van der Waals surface area contributed by atoms with Gasteiger partial charge < -0.3 is 4.42 Å². The first-order valence-corrected chi connectivity index (χ1v) is 17.8. The third kappa shape index (κ3) is 5.63. The molecule has 8 aromatic carbocycles. The Hall–Kier alpha value is -7.17. The Labute approximate surface area is 306 Å². The second-order valence-electron chi connectivity index (χ2n) is 13.2. The fourth-order valence-electron chi connectivity index (χ4n) is 7.29. The molecule has 10 rings (SSSR count).